The van der Waals surface area contributed by atoms with Gasteiger partial charge in [0.25, 0.3) is 0 Å². The maximum Gasteiger partial charge on any atom is 0.356 e. The summed E-state index contributed by atoms with van der Waals surface area (Å²) >= 11 is 0. The number of rotatable bonds is 13. The van der Waals surface area contributed by atoms with Crippen molar-refractivity contribution in [1.82, 2.24) is 0 Å². The van der Waals surface area contributed by atoms with Crippen molar-refractivity contribution in [3.63, 3.8) is 0 Å². The second kappa shape index (κ2) is 11.5. The van der Waals surface area contributed by atoms with Crippen molar-refractivity contribution < 1.29 is 38.3 Å². The summed E-state index contributed by atoms with van der Waals surface area (Å²) in [6.07, 6.45) is 4.35. The van der Waals surface area contributed by atoms with Crippen LogP contribution in [-0.4, -0.2) is 45.5 Å². The van der Waals surface area contributed by atoms with Gasteiger partial charge in [-0.2, -0.15) is 0 Å². The molecule has 2 aromatic carbocycles. The summed E-state index contributed by atoms with van der Waals surface area (Å²) in [5, 5.41) is -0.216. The third-order valence-electron chi connectivity index (χ3n) is 4.84. The number of benzene rings is 2. The maximum atomic E-state index is 11.4. The average Bonchev–Trinajstić information content (AvgIpc) is 2.75. The number of carbonyl (C=O) groups is 2. The van der Waals surface area contributed by atoms with Gasteiger partial charge in [-0.3, -0.25) is 18.7 Å². The lowest BCUT2D eigenvalue weighted by molar-refractivity contribution is -0.108. The summed E-state index contributed by atoms with van der Waals surface area (Å²) in [6.45, 7) is 0.889. The highest BCUT2D eigenvalue weighted by atomic mass is 31.2. The molecule has 0 spiro atoms. The van der Waals surface area contributed by atoms with Crippen LogP contribution in [-0.2, 0) is 18.7 Å². The summed E-state index contributed by atoms with van der Waals surface area (Å²) in [6, 6.07) is 11.1. The molecule has 2 amide bonds. The standard InChI is InChI=1S/C20H26N2O8P2/c23-15-21(17-5-9-19(10-6-17)31(25,26)27)13-3-1-2-4-14-22(16-24)18-7-11-20(12-8-18)32(28,29)30/h5-12,15-16H,1-4,13-14H2,(H2,25,26,27)(H2,28,29,30). The first-order chi connectivity index (χ1) is 15.1. The average molecular weight is 484 g/mol. The number of anilines is 2. The number of nitrogens with zero attached hydrogens (tertiary/aromatic N) is 2. The molecule has 0 heterocycles. The first kappa shape index (κ1) is 25.9. The SMILES string of the molecule is O=CN(CCCCCCN(C=O)c1ccc(P(=O)(O)O)cc1)c1ccc(P(=O)(O)O)cc1. The molecule has 0 bridgehead atoms. The number of unbranched alkanes of at least 4 members (excludes halogenated alkanes) is 3. The van der Waals surface area contributed by atoms with Gasteiger partial charge in [0.2, 0.25) is 12.8 Å². The van der Waals surface area contributed by atoms with Crippen LogP contribution in [0.5, 0.6) is 0 Å². The summed E-state index contributed by atoms with van der Waals surface area (Å²) < 4.78 is 22.5. The van der Waals surface area contributed by atoms with E-state index in [1.807, 2.05) is 0 Å². The lowest BCUT2D eigenvalue weighted by Crippen LogP contribution is -2.23. The fourth-order valence-electron chi connectivity index (χ4n) is 3.08. The highest BCUT2D eigenvalue weighted by Gasteiger charge is 2.18. The minimum Gasteiger partial charge on any atom is -0.321 e. The Morgan fingerprint density at radius 3 is 1.16 bits per heavy atom. The van der Waals surface area contributed by atoms with Crippen LogP contribution >= 0.6 is 15.2 Å². The quantitative estimate of drug-likeness (QED) is 0.189. The molecule has 32 heavy (non-hydrogen) atoms. The Morgan fingerprint density at radius 2 is 0.906 bits per heavy atom. The predicted octanol–water partition coefficient (Wildman–Crippen LogP) is 1.48. The Bertz CT molecular complexity index is 904. The molecule has 0 saturated heterocycles. The molecule has 0 aliphatic rings. The van der Waals surface area contributed by atoms with Crippen LogP contribution in [0.1, 0.15) is 25.7 Å². The van der Waals surface area contributed by atoms with Crippen molar-refractivity contribution >= 4 is 50.0 Å². The smallest absolute Gasteiger partial charge is 0.321 e. The van der Waals surface area contributed by atoms with Gasteiger partial charge in [0.1, 0.15) is 0 Å². The van der Waals surface area contributed by atoms with E-state index in [-0.39, 0.29) is 10.6 Å². The van der Waals surface area contributed by atoms with E-state index >= 15 is 0 Å². The molecular formula is C20H26N2O8P2. The molecule has 4 N–H and O–H groups in total. The molecule has 0 fully saturated rings. The zero-order chi connectivity index (χ0) is 23.8. The third-order valence-corrected chi connectivity index (χ3v) is 6.78. The normalized spacial score (nSPS) is 11.8. The Labute approximate surface area is 185 Å². The van der Waals surface area contributed by atoms with Crippen LogP contribution < -0.4 is 20.4 Å². The lowest BCUT2D eigenvalue weighted by Gasteiger charge is -2.19. The molecule has 0 atom stereocenters. The molecule has 0 radical (unpaired) electrons. The van der Waals surface area contributed by atoms with Crippen LogP contribution in [0.4, 0.5) is 11.4 Å². The predicted molar refractivity (Wildman–Crippen MR) is 122 cm³/mol. The van der Waals surface area contributed by atoms with Crippen molar-refractivity contribution in [3.05, 3.63) is 48.5 Å². The van der Waals surface area contributed by atoms with Crippen LogP contribution in [0, 0.1) is 0 Å². The van der Waals surface area contributed by atoms with Gasteiger partial charge < -0.3 is 29.4 Å². The molecule has 0 unspecified atom stereocenters. The molecule has 0 aliphatic heterocycles. The van der Waals surface area contributed by atoms with Gasteiger partial charge in [0.15, 0.2) is 0 Å². The Morgan fingerprint density at radius 1 is 0.594 bits per heavy atom. The fraction of sp³-hybridized carbons (Fsp3) is 0.300. The zero-order valence-electron chi connectivity index (χ0n) is 17.2. The third kappa shape index (κ3) is 7.67. The fourth-order valence-corrected chi connectivity index (χ4v) is 4.15. The van der Waals surface area contributed by atoms with Gasteiger partial charge in [-0.15, -0.1) is 0 Å². The van der Waals surface area contributed by atoms with E-state index in [4.69, 9.17) is 19.6 Å². The minimum absolute atomic E-state index is 0.108. The van der Waals surface area contributed by atoms with E-state index in [2.05, 4.69) is 0 Å². The molecule has 2 aromatic rings. The maximum absolute atomic E-state index is 11.4. The van der Waals surface area contributed by atoms with Crippen molar-refractivity contribution in [2.75, 3.05) is 22.9 Å². The molecule has 0 saturated carbocycles. The number of amides is 2. The molecular weight excluding hydrogens is 458 g/mol. The minimum atomic E-state index is -4.32. The first-order valence-electron chi connectivity index (χ1n) is 9.82. The van der Waals surface area contributed by atoms with E-state index in [0.717, 1.165) is 12.8 Å². The second-order valence-corrected chi connectivity index (χ2v) is 10.3. The zero-order valence-corrected chi connectivity index (χ0v) is 19.0. The number of carbonyl (C=O) groups excluding carboxylic acids is 2. The van der Waals surface area contributed by atoms with Crippen LogP contribution in [0.25, 0.3) is 0 Å². The van der Waals surface area contributed by atoms with Gasteiger partial charge in [-0.05, 0) is 61.4 Å². The topological polar surface area (TPSA) is 156 Å². The van der Waals surface area contributed by atoms with E-state index in [1.54, 1.807) is 0 Å². The van der Waals surface area contributed by atoms with Gasteiger partial charge in [-0.1, -0.05) is 12.8 Å². The van der Waals surface area contributed by atoms with Crippen LogP contribution in [0.15, 0.2) is 48.5 Å². The molecule has 2 rings (SSSR count). The summed E-state index contributed by atoms with van der Waals surface area (Å²) in [4.78, 5) is 62.2. The van der Waals surface area contributed by atoms with Crippen LogP contribution in [0.3, 0.4) is 0 Å². The van der Waals surface area contributed by atoms with E-state index in [1.165, 1.54) is 58.3 Å². The monoisotopic (exact) mass is 484 g/mol. The largest absolute Gasteiger partial charge is 0.356 e. The molecule has 0 aliphatic carbocycles. The van der Waals surface area contributed by atoms with E-state index < -0.39 is 15.2 Å². The van der Waals surface area contributed by atoms with Gasteiger partial charge in [-0.25, -0.2) is 0 Å². The van der Waals surface area contributed by atoms with Crippen molar-refractivity contribution in [2.45, 2.75) is 25.7 Å². The number of hydrogen-bond donors (Lipinski definition) is 4. The Hall–Kier alpha value is -2.32. The summed E-state index contributed by atoms with van der Waals surface area (Å²) in [5.74, 6) is 0. The van der Waals surface area contributed by atoms with Crippen molar-refractivity contribution in [1.29, 1.82) is 0 Å². The van der Waals surface area contributed by atoms with Gasteiger partial charge >= 0.3 is 15.2 Å². The second-order valence-electron chi connectivity index (χ2n) is 7.13. The summed E-state index contributed by atoms with van der Waals surface area (Å²) in [5.41, 5.74) is 1.09. The Kier molecular flexibility index (Phi) is 9.33. The lowest BCUT2D eigenvalue weighted by atomic mass is 10.1. The molecule has 10 nitrogen and oxygen atoms in total. The highest BCUT2D eigenvalue weighted by Crippen LogP contribution is 2.34. The molecule has 12 heteroatoms. The highest BCUT2D eigenvalue weighted by molar-refractivity contribution is 7.60. The first-order valence-corrected chi connectivity index (χ1v) is 13.0. The van der Waals surface area contributed by atoms with Crippen LogP contribution in [0.2, 0.25) is 0 Å². The van der Waals surface area contributed by atoms with Gasteiger partial charge in [0.05, 0.1) is 10.6 Å². The van der Waals surface area contributed by atoms with Crippen molar-refractivity contribution in [2.24, 2.45) is 0 Å². The number of hydrogen-bond acceptors (Lipinski definition) is 4. The van der Waals surface area contributed by atoms with Crippen molar-refractivity contribution in [3.8, 4) is 0 Å². The van der Waals surface area contributed by atoms with Gasteiger partial charge in [0, 0.05) is 24.5 Å². The molecule has 0 aromatic heterocycles. The van der Waals surface area contributed by atoms with E-state index in [9.17, 15) is 18.7 Å². The molecule has 174 valence electrons. The van der Waals surface area contributed by atoms with E-state index in [0.29, 0.717) is 50.1 Å². The Balaban J connectivity index is 1.77. The summed E-state index contributed by atoms with van der Waals surface area (Å²) in [7, 11) is -8.65.